The van der Waals surface area contributed by atoms with E-state index in [9.17, 15) is 27.6 Å². The van der Waals surface area contributed by atoms with Gasteiger partial charge in [0.05, 0.1) is 36.2 Å². The second-order valence-corrected chi connectivity index (χ2v) is 9.61. The Morgan fingerprint density at radius 1 is 0.923 bits per heavy atom. The Morgan fingerprint density at radius 2 is 1.64 bits per heavy atom. The number of alkyl halides is 3. The normalized spacial score (nSPS) is 23.4. The monoisotopic (exact) mass is 533 g/mol. The van der Waals surface area contributed by atoms with Crippen LogP contribution < -0.4 is 15.0 Å². The summed E-state index contributed by atoms with van der Waals surface area (Å²) in [5.41, 5.74) is 0.927. The summed E-state index contributed by atoms with van der Waals surface area (Å²) >= 11 is 0. The molecule has 3 aromatic carbocycles. The van der Waals surface area contributed by atoms with Crippen molar-refractivity contribution in [2.75, 3.05) is 17.3 Å². The van der Waals surface area contributed by atoms with Gasteiger partial charge in [-0.25, -0.2) is 4.90 Å². The number of anilines is 2. The minimum Gasteiger partial charge on any atom is -0.497 e. The highest BCUT2D eigenvalue weighted by Gasteiger charge is 2.64. The van der Waals surface area contributed by atoms with Crippen LogP contribution in [0.25, 0.3) is 6.08 Å². The molecule has 3 amide bonds. The molecular formula is C29H22F3N3O4. The van der Waals surface area contributed by atoms with Crippen molar-refractivity contribution in [3.05, 3.63) is 95.7 Å². The van der Waals surface area contributed by atoms with Gasteiger partial charge in [0.15, 0.2) is 0 Å². The van der Waals surface area contributed by atoms with Gasteiger partial charge in [-0.05, 0) is 59.7 Å². The van der Waals surface area contributed by atoms with E-state index in [1.165, 1.54) is 13.2 Å². The summed E-state index contributed by atoms with van der Waals surface area (Å²) in [6.45, 7) is 0. The van der Waals surface area contributed by atoms with Gasteiger partial charge >= 0.3 is 6.18 Å². The molecule has 2 fully saturated rings. The Morgan fingerprint density at radius 3 is 2.36 bits per heavy atom. The summed E-state index contributed by atoms with van der Waals surface area (Å²) in [6, 6.07) is 16.4. The van der Waals surface area contributed by atoms with E-state index in [4.69, 9.17) is 4.74 Å². The lowest BCUT2D eigenvalue weighted by atomic mass is 9.84. The van der Waals surface area contributed by atoms with Crippen molar-refractivity contribution in [3.8, 4) is 5.75 Å². The molecule has 0 aliphatic carbocycles. The fourth-order valence-electron chi connectivity index (χ4n) is 5.82. The first-order valence-electron chi connectivity index (χ1n) is 12.2. The summed E-state index contributed by atoms with van der Waals surface area (Å²) in [5.74, 6) is -3.33. The molecule has 0 radical (unpaired) electrons. The van der Waals surface area contributed by atoms with Crippen molar-refractivity contribution in [1.29, 1.82) is 0 Å². The van der Waals surface area contributed by atoms with Crippen LogP contribution in [0, 0.1) is 11.8 Å². The zero-order valence-electron chi connectivity index (χ0n) is 20.6. The van der Waals surface area contributed by atoms with Crippen LogP contribution in [0.2, 0.25) is 0 Å². The highest BCUT2D eigenvalue weighted by Crippen LogP contribution is 2.53. The Labute approximate surface area is 221 Å². The average molecular weight is 534 g/mol. The molecule has 198 valence electrons. The number of nitrogens with one attached hydrogen (secondary N) is 1. The van der Waals surface area contributed by atoms with Gasteiger partial charge in [-0.15, -0.1) is 0 Å². The number of methoxy groups -OCH3 is 1. The van der Waals surface area contributed by atoms with E-state index in [1.807, 2.05) is 30.3 Å². The SMILES string of the molecule is COc1ccc(NC(=O)[C@@H]2[C@H]3C(=O)N(c4cccc(C(F)(F)F)c4)C(=O)[C@@H]3[C@H]3c4ccccc4C=CN23)cc1. The number of hydrogen-bond acceptors (Lipinski definition) is 5. The minimum absolute atomic E-state index is 0.172. The predicted molar refractivity (Wildman–Crippen MR) is 136 cm³/mol. The minimum atomic E-state index is -4.65. The van der Waals surface area contributed by atoms with Crippen LogP contribution in [0.5, 0.6) is 5.75 Å². The molecule has 0 aromatic heterocycles. The Balaban J connectivity index is 1.42. The zero-order valence-corrected chi connectivity index (χ0v) is 20.6. The van der Waals surface area contributed by atoms with E-state index in [0.29, 0.717) is 11.4 Å². The first-order chi connectivity index (χ1) is 18.7. The number of ether oxygens (including phenoxy) is 1. The third-order valence-electron chi connectivity index (χ3n) is 7.52. The van der Waals surface area contributed by atoms with Crippen LogP contribution in [0.3, 0.4) is 0 Å². The number of halogens is 3. The number of carbonyl (C=O) groups is 3. The van der Waals surface area contributed by atoms with Crippen molar-refractivity contribution in [3.63, 3.8) is 0 Å². The van der Waals surface area contributed by atoms with E-state index in [2.05, 4.69) is 5.32 Å². The van der Waals surface area contributed by atoms with Crippen molar-refractivity contribution < 1.29 is 32.3 Å². The summed E-state index contributed by atoms with van der Waals surface area (Å²) in [7, 11) is 1.52. The zero-order chi connectivity index (χ0) is 27.5. The molecule has 3 aromatic rings. The highest BCUT2D eigenvalue weighted by molar-refractivity contribution is 6.24. The largest absolute Gasteiger partial charge is 0.497 e. The van der Waals surface area contributed by atoms with E-state index < -0.39 is 53.4 Å². The number of benzene rings is 3. The molecular weight excluding hydrogens is 511 g/mol. The first kappa shape index (κ1) is 24.7. The van der Waals surface area contributed by atoms with Gasteiger partial charge in [0.1, 0.15) is 11.8 Å². The van der Waals surface area contributed by atoms with Crippen LogP contribution >= 0.6 is 0 Å². The molecule has 0 saturated carbocycles. The molecule has 3 heterocycles. The maximum atomic E-state index is 13.8. The third-order valence-corrected chi connectivity index (χ3v) is 7.52. The molecule has 3 aliphatic rings. The van der Waals surface area contributed by atoms with Gasteiger partial charge in [-0.1, -0.05) is 30.3 Å². The van der Waals surface area contributed by atoms with Gasteiger partial charge in [-0.3, -0.25) is 14.4 Å². The molecule has 7 nitrogen and oxygen atoms in total. The fourth-order valence-corrected chi connectivity index (χ4v) is 5.82. The van der Waals surface area contributed by atoms with Crippen LogP contribution in [-0.4, -0.2) is 35.8 Å². The third kappa shape index (κ3) is 3.94. The van der Waals surface area contributed by atoms with Crippen LogP contribution in [0.1, 0.15) is 22.7 Å². The maximum absolute atomic E-state index is 13.8. The van der Waals surface area contributed by atoms with Crippen molar-refractivity contribution in [2.24, 2.45) is 11.8 Å². The quantitative estimate of drug-likeness (QED) is 0.485. The van der Waals surface area contributed by atoms with E-state index >= 15 is 0 Å². The Bertz CT molecular complexity index is 1520. The molecule has 0 bridgehead atoms. The predicted octanol–water partition coefficient (Wildman–Crippen LogP) is 4.87. The second kappa shape index (κ2) is 9.00. The smallest absolute Gasteiger partial charge is 0.416 e. The van der Waals surface area contributed by atoms with Crippen LogP contribution in [0.4, 0.5) is 24.5 Å². The Kier molecular flexibility index (Phi) is 5.71. The van der Waals surface area contributed by atoms with E-state index in [1.54, 1.807) is 35.4 Å². The van der Waals surface area contributed by atoms with Crippen LogP contribution in [-0.2, 0) is 20.6 Å². The molecule has 6 rings (SSSR count). The molecule has 3 aliphatic heterocycles. The lowest BCUT2D eigenvalue weighted by Crippen LogP contribution is -2.46. The van der Waals surface area contributed by atoms with E-state index in [0.717, 1.165) is 34.2 Å². The molecule has 4 atom stereocenters. The maximum Gasteiger partial charge on any atom is 0.416 e. The molecule has 10 heteroatoms. The fraction of sp³-hybridized carbons (Fsp3) is 0.207. The second-order valence-electron chi connectivity index (χ2n) is 9.61. The summed E-state index contributed by atoms with van der Waals surface area (Å²) in [4.78, 5) is 43.9. The highest BCUT2D eigenvalue weighted by atomic mass is 19.4. The topological polar surface area (TPSA) is 79.0 Å². The number of carbonyl (C=O) groups excluding carboxylic acids is 3. The standard InChI is InChI=1S/C29H22F3N3O4/c1-39-20-11-9-18(10-12-20)33-26(36)25-23-22(24-21-8-3-2-5-16(21)13-14-34(24)25)27(37)35(28(23)38)19-7-4-6-17(15-19)29(30,31)32/h2-15,22-25H,1H3,(H,33,36)/t22-,23-,24+,25-/m0/s1. The number of fused-ring (bicyclic) bond motifs is 5. The van der Waals surface area contributed by atoms with Crippen molar-refractivity contribution in [2.45, 2.75) is 18.3 Å². The van der Waals surface area contributed by atoms with Crippen LogP contribution in [0.15, 0.2) is 79.0 Å². The summed E-state index contributed by atoms with van der Waals surface area (Å²) < 4.78 is 45.4. The number of nitrogens with zero attached hydrogens (tertiary/aromatic N) is 2. The van der Waals surface area contributed by atoms with Crippen molar-refractivity contribution >= 4 is 35.2 Å². The molecule has 0 spiro atoms. The molecule has 2 saturated heterocycles. The first-order valence-corrected chi connectivity index (χ1v) is 12.2. The number of hydrogen-bond donors (Lipinski definition) is 1. The number of rotatable bonds is 4. The molecule has 39 heavy (non-hydrogen) atoms. The molecule has 0 unspecified atom stereocenters. The van der Waals surface area contributed by atoms with Gasteiger partial charge < -0.3 is 15.0 Å². The van der Waals surface area contributed by atoms with E-state index in [-0.39, 0.29) is 5.69 Å². The molecule has 1 N–H and O–H groups in total. The lowest BCUT2D eigenvalue weighted by Gasteiger charge is -2.35. The average Bonchev–Trinajstić information content (AvgIpc) is 3.41. The van der Waals surface area contributed by atoms with Gasteiger partial charge in [0.2, 0.25) is 17.7 Å². The lowest BCUT2D eigenvalue weighted by molar-refractivity contribution is -0.137. The van der Waals surface area contributed by atoms with Gasteiger partial charge in [0.25, 0.3) is 0 Å². The van der Waals surface area contributed by atoms with Gasteiger partial charge in [-0.2, -0.15) is 13.2 Å². The number of imide groups is 1. The summed E-state index contributed by atoms with van der Waals surface area (Å²) in [6.07, 6.45) is -1.12. The van der Waals surface area contributed by atoms with Crippen molar-refractivity contribution in [1.82, 2.24) is 4.90 Å². The summed E-state index contributed by atoms with van der Waals surface area (Å²) in [5, 5.41) is 2.82. The number of amides is 3. The van der Waals surface area contributed by atoms with Gasteiger partial charge in [0, 0.05) is 11.9 Å². The Hall–Kier alpha value is -4.60.